The number of nitrogens with zero attached hydrogens (tertiary/aromatic N) is 3. The van der Waals surface area contributed by atoms with E-state index < -0.39 is 0 Å². The van der Waals surface area contributed by atoms with Crippen LogP contribution in [0.4, 0.5) is 6.01 Å². The Balaban J connectivity index is 1.24. The van der Waals surface area contributed by atoms with Gasteiger partial charge in [-0.25, -0.2) is 0 Å². The van der Waals surface area contributed by atoms with E-state index in [0.717, 1.165) is 50.1 Å². The molecule has 1 atom stereocenters. The van der Waals surface area contributed by atoms with Gasteiger partial charge in [-0.1, -0.05) is 35.5 Å². The molecule has 1 unspecified atom stereocenters. The highest BCUT2D eigenvalue weighted by Gasteiger charge is 2.28. The van der Waals surface area contributed by atoms with E-state index in [2.05, 4.69) is 51.5 Å². The fraction of sp³-hybridized carbons (Fsp3) is 0.400. The number of piperidine rings is 1. The topological polar surface area (TPSA) is 80.5 Å². The lowest BCUT2D eigenvalue weighted by Gasteiger charge is -2.30. The highest BCUT2D eigenvalue weighted by Crippen LogP contribution is 2.26. The van der Waals surface area contributed by atoms with Crippen LogP contribution in [-0.2, 0) is 11.2 Å². The second-order valence-corrected chi connectivity index (χ2v) is 8.32. The molecule has 2 heterocycles. The first-order valence-corrected chi connectivity index (χ1v) is 11.2. The molecule has 168 valence electrons. The number of rotatable bonds is 8. The summed E-state index contributed by atoms with van der Waals surface area (Å²) in [6.07, 6.45) is 3.45. The van der Waals surface area contributed by atoms with Crippen LogP contribution in [0.5, 0.6) is 5.75 Å². The van der Waals surface area contributed by atoms with Crippen molar-refractivity contribution in [1.29, 1.82) is 0 Å². The monoisotopic (exact) mass is 434 g/mol. The number of ether oxygens (including phenoxy) is 1. The van der Waals surface area contributed by atoms with Crippen molar-refractivity contribution < 1.29 is 14.1 Å². The maximum atomic E-state index is 12.7. The van der Waals surface area contributed by atoms with E-state index in [0.29, 0.717) is 11.8 Å². The summed E-state index contributed by atoms with van der Waals surface area (Å²) in [4.78, 5) is 19.3. The number of aromatic nitrogens is 2. The lowest BCUT2D eigenvalue weighted by molar-refractivity contribution is -0.126. The molecule has 4 rings (SSSR count). The molecule has 1 saturated heterocycles. The molecule has 1 fully saturated rings. The van der Waals surface area contributed by atoms with E-state index in [4.69, 9.17) is 9.26 Å². The summed E-state index contributed by atoms with van der Waals surface area (Å²) in [5, 5.41) is 7.30. The Bertz CT molecular complexity index is 996. The molecule has 7 nitrogen and oxygen atoms in total. The van der Waals surface area contributed by atoms with Crippen molar-refractivity contribution in [2.45, 2.75) is 38.6 Å². The Kier molecular flexibility index (Phi) is 7.04. The van der Waals surface area contributed by atoms with Crippen LogP contribution in [0.25, 0.3) is 11.4 Å². The quantitative estimate of drug-likeness (QED) is 0.575. The first-order valence-electron chi connectivity index (χ1n) is 11.2. The number of carbonyl (C=O) groups excluding carboxylic acids is 1. The highest BCUT2D eigenvalue weighted by atomic mass is 16.5. The van der Waals surface area contributed by atoms with Crippen molar-refractivity contribution >= 4 is 11.9 Å². The normalized spacial score (nSPS) is 15.4. The summed E-state index contributed by atoms with van der Waals surface area (Å²) >= 11 is 0. The van der Waals surface area contributed by atoms with Gasteiger partial charge in [-0.05, 0) is 62.4 Å². The molecular formula is C25H30N4O3. The van der Waals surface area contributed by atoms with E-state index in [-0.39, 0.29) is 17.9 Å². The van der Waals surface area contributed by atoms with Gasteiger partial charge >= 0.3 is 6.01 Å². The van der Waals surface area contributed by atoms with Gasteiger partial charge in [-0.15, -0.1) is 0 Å². The van der Waals surface area contributed by atoms with Gasteiger partial charge in [0.1, 0.15) is 5.75 Å². The zero-order chi connectivity index (χ0) is 22.3. The second-order valence-electron chi connectivity index (χ2n) is 8.32. The third kappa shape index (κ3) is 5.46. The van der Waals surface area contributed by atoms with Crippen LogP contribution in [-0.4, -0.2) is 42.3 Å². The molecule has 0 radical (unpaired) electrons. The molecule has 1 N–H and O–H groups in total. The maximum Gasteiger partial charge on any atom is 0.324 e. The minimum atomic E-state index is 0.0226. The van der Waals surface area contributed by atoms with Gasteiger partial charge in [0.15, 0.2) is 0 Å². The molecule has 1 aromatic heterocycles. The fourth-order valence-corrected chi connectivity index (χ4v) is 3.99. The first-order chi connectivity index (χ1) is 15.6. The summed E-state index contributed by atoms with van der Waals surface area (Å²) in [6, 6.07) is 18.6. The van der Waals surface area contributed by atoms with Crippen LogP contribution in [0, 0.1) is 5.92 Å². The molecule has 1 amide bonds. The van der Waals surface area contributed by atoms with E-state index >= 15 is 0 Å². The van der Waals surface area contributed by atoms with Gasteiger partial charge in [-0.2, -0.15) is 4.98 Å². The zero-order valence-electron chi connectivity index (χ0n) is 18.7. The van der Waals surface area contributed by atoms with Crippen molar-refractivity contribution in [2.75, 3.05) is 25.1 Å². The van der Waals surface area contributed by atoms with Crippen LogP contribution in [0.3, 0.4) is 0 Å². The number of aryl methyl sites for hydroxylation is 1. The predicted octanol–water partition coefficient (Wildman–Crippen LogP) is 4.10. The number of hydrogen-bond donors (Lipinski definition) is 1. The molecule has 1 aliphatic rings. The molecule has 3 aromatic rings. The number of carbonyl (C=O) groups is 1. The number of benzene rings is 2. The molecule has 0 spiro atoms. The molecule has 0 saturated carbocycles. The molecule has 0 aliphatic carbocycles. The lowest BCUT2D eigenvalue weighted by Crippen LogP contribution is -2.43. The van der Waals surface area contributed by atoms with Crippen LogP contribution < -0.4 is 15.0 Å². The summed E-state index contributed by atoms with van der Waals surface area (Å²) in [6.45, 7) is 3.52. The summed E-state index contributed by atoms with van der Waals surface area (Å²) in [5.41, 5.74) is 2.18. The van der Waals surface area contributed by atoms with Gasteiger partial charge in [0.25, 0.3) is 0 Å². The molecule has 0 bridgehead atoms. The Morgan fingerprint density at radius 1 is 1.16 bits per heavy atom. The van der Waals surface area contributed by atoms with E-state index in [1.54, 1.807) is 7.11 Å². The Morgan fingerprint density at radius 2 is 1.88 bits per heavy atom. The van der Waals surface area contributed by atoms with Crippen molar-refractivity contribution in [2.24, 2.45) is 5.92 Å². The van der Waals surface area contributed by atoms with Crippen LogP contribution in [0.15, 0.2) is 59.1 Å². The summed E-state index contributed by atoms with van der Waals surface area (Å²) in [7, 11) is 1.64. The molecular weight excluding hydrogens is 404 g/mol. The average Bonchev–Trinajstić information content (AvgIpc) is 3.34. The number of hydrogen-bond acceptors (Lipinski definition) is 6. The minimum Gasteiger partial charge on any atom is -0.497 e. The second kappa shape index (κ2) is 10.3. The van der Waals surface area contributed by atoms with Gasteiger partial charge in [-0.3, -0.25) is 4.79 Å². The predicted molar refractivity (Wildman–Crippen MR) is 124 cm³/mol. The smallest absolute Gasteiger partial charge is 0.324 e. The number of amides is 1. The Hall–Kier alpha value is -3.35. The van der Waals surface area contributed by atoms with Crippen molar-refractivity contribution in [1.82, 2.24) is 15.5 Å². The molecule has 7 heteroatoms. The number of anilines is 1. The lowest BCUT2D eigenvalue weighted by atomic mass is 9.95. The van der Waals surface area contributed by atoms with Gasteiger partial charge < -0.3 is 19.5 Å². The summed E-state index contributed by atoms with van der Waals surface area (Å²) < 4.78 is 10.7. The minimum absolute atomic E-state index is 0.0226. The Morgan fingerprint density at radius 3 is 2.56 bits per heavy atom. The zero-order valence-corrected chi connectivity index (χ0v) is 18.7. The van der Waals surface area contributed by atoms with Crippen molar-refractivity contribution in [3.05, 3.63) is 60.2 Å². The standard InChI is InChI=1S/C25H30N4O3/c1-18(8-9-19-6-4-3-5-7-19)26-24(30)21-14-16-29(17-15-21)25-27-23(28-32-25)20-10-12-22(31-2)13-11-20/h3-7,10-13,18,21H,8-9,14-17H2,1-2H3,(H,26,30). The van der Waals surface area contributed by atoms with Crippen molar-refractivity contribution in [3.63, 3.8) is 0 Å². The number of methoxy groups -OCH3 is 1. The van der Waals surface area contributed by atoms with Gasteiger partial charge in [0.05, 0.1) is 7.11 Å². The van der Waals surface area contributed by atoms with E-state index in [1.165, 1.54) is 5.56 Å². The summed E-state index contributed by atoms with van der Waals surface area (Å²) in [5.74, 6) is 1.51. The number of nitrogens with one attached hydrogen (secondary N) is 1. The van der Waals surface area contributed by atoms with Gasteiger partial charge in [0.2, 0.25) is 11.7 Å². The largest absolute Gasteiger partial charge is 0.497 e. The highest BCUT2D eigenvalue weighted by molar-refractivity contribution is 5.79. The molecule has 1 aliphatic heterocycles. The molecule has 2 aromatic carbocycles. The average molecular weight is 435 g/mol. The third-order valence-electron chi connectivity index (χ3n) is 6.00. The SMILES string of the molecule is COc1ccc(-c2noc(N3CCC(C(=O)NC(C)CCc4ccccc4)CC3)n2)cc1. The fourth-order valence-electron chi connectivity index (χ4n) is 3.99. The van der Waals surface area contributed by atoms with Crippen LogP contribution >= 0.6 is 0 Å². The van der Waals surface area contributed by atoms with Crippen LogP contribution in [0.1, 0.15) is 31.7 Å². The van der Waals surface area contributed by atoms with E-state index in [9.17, 15) is 4.79 Å². The van der Waals surface area contributed by atoms with Crippen molar-refractivity contribution in [3.8, 4) is 17.1 Å². The molecule has 32 heavy (non-hydrogen) atoms. The van der Waals surface area contributed by atoms with Gasteiger partial charge in [0, 0.05) is 30.6 Å². The van der Waals surface area contributed by atoms with E-state index in [1.807, 2.05) is 30.3 Å². The Labute approximate surface area is 188 Å². The maximum absolute atomic E-state index is 12.7. The first kappa shape index (κ1) is 21.9. The van der Waals surface area contributed by atoms with Crippen LogP contribution in [0.2, 0.25) is 0 Å². The third-order valence-corrected chi connectivity index (χ3v) is 6.00.